The second-order valence-corrected chi connectivity index (χ2v) is 8.09. The first-order valence-corrected chi connectivity index (χ1v) is 11.2. The molecule has 8 nitrogen and oxygen atoms in total. The molecule has 0 saturated carbocycles. The molecule has 8 heteroatoms. The second kappa shape index (κ2) is 10.3. The Hall–Kier alpha value is -4.30. The van der Waals surface area contributed by atoms with E-state index in [0.29, 0.717) is 22.6 Å². The highest BCUT2D eigenvalue weighted by Gasteiger charge is 2.36. The number of methoxy groups -OCH3 is 1. The number of ether oxygens (including phenoxy) is 1. The first kappa shape index (κ1) is 23.8. The molecular weight excluding hydrogens is 444 g/mol. The second-order valence-electron chi connectivity index (χ2n) is 8.09. The molecule has 3 N–H and O–H groups in total. The third-order valence-corrected chi connectivity index (χ3v) is 5.87. The normalized spacial score (nSPS) is 14.8. The Morgan fingerprint density at radius 1 is 1.03 bits per heavy atom. The fourth-order valence-corrected chi connectivity index (χ4v) is 4.01. The zero-order valence-corrected chi connectivity index (χ0v) is 19.5. The summed E-state index contributed by atoms with van der Waals surface area (Å²) >= 11 is 0. The topological polar surface area (TPSA) is 114 Å². The van der Waals surface area contributed by atoms with Gasteiger partial charge in [0.1, 0.15) is 5.92 Å². The lowest BCUT2D eigenvalue weighted by molar-refractivity contribution is -0.118. The van der Waals surface area contributed by atoms with Gasteiger partial charge in [0, 0.05) is 31.4 Å². The summed E-state index contributed by atoms with van der Waals surface area (Å²) in [6.45, 7) is 0.290. The van der Waals surface area contributed by atoms with Crippen LogP contribution in [-0.4, -0.2) is 44.2 Å². The quantitative estimate of drug-likeness (QED) is 0.404. The minimum atomic E-state index is -0.660. The molecule has 0 saturated heterocycles. The molecule has 1 atom stereocenters. The Kier molecular flexibility index (Phi) is 7.03. The number of rotatable bonds is 7. The molecule has 1 heterocycles. The van der Waals surface area contributed by atoms with E-state index in [-0.39, 0.29) is 24.8 Å². The van der Waals surface area contributed by atoms with Gasteiger partial charge in [0.05, 0.1) is 24.1 Å². The van der Waals surface area contributed by atoms with Gasteiger partial charge in [-0.25, -0.2) is 4.79 Å². The predicted octanol–water partition coefficient (Wildman–Crippen LogP) is 3.64. The van der Waals surface area contributed by atoms with Gasteiger partial charge in [0.2, 0.25) is 11.8 Å². The van der Waals surface area contributed by atoms with E-state index >= 15 is 0 Å². The molecule has 0 fully saturated rings. The summed E-state index contributed by atoms with van der Waals surface area (Å²) in [4.78, 5) is 43.6. The van der Waals surface area contributed by atoms with Gasteiger partial charge in [-0.15, -0.1) is 0 Å². The maximum atomic E-state index is 13.1. The van der Waals surface area contributed by atoms with Crippen LogP contribution in [0.1, 0.15) is 33.8 Å². The van der Waals surface area contributed by atoms with Crippen LogP contribution in [0.25, 0.3) is 0 Å². The van der Waals surface area contributed by atoms with E-state index in [4.69, 9.17) is 15.5 Å². The number of aliphatic imine (C=N–C) groups is 1. The van der Waals surface area contributed by atoms with E-state index in [1.807, 2.05) is 30.3 Å². The zero-order valence-electron chi connectivity index (χ0n) is 19.5. The molecular formula is C27H26N4O4. The molecule has 2 amide bonds. The number of benzene rings is 3. The molecule has 3 aromatic rings. The monoisotopic (exact) mass is 470 g/mol. The fraction of sp³-hybridized carbons (Fsp3) is 0.185. The number of fused-ring (bicyclic) bond motifs is 1. The summed E-state index contributed by atoms with van der Waals surface area (Å²) in [7, 11) is 3.02. The number of anilines is 2. The molecule has 35 heavy (non-hydrogen) atoms. The molecule has 4 rings (SSSR count). The first-order valence-electron chi connectivity index (χ1n) is 11.2. The van der Waals surface area contributed by atoms with E-state index in [2.05, 4.69) is 5.32 Å². The van der Waals surface area contributed by atoms with Gasteiger partial charge in [-0.2, -0.15) is 0 Å². The molecule has 3 aromatic carbocycles. The van der Waals surface area contributed by atoms with Crippen molar-refractivity contribution in [2.75, 3.05) is 30.9 Å². The number of carbonyl (C=O) groups excluding carboxylic acids is 3. The Bertz CT molecular complexity index is 1290. The average molecular weight is 471 g/mol. The smallest absolute Gasteiger partial charge is 0.337 e. The lowest BCUT2D eigenvalue weighted by Gasteiger charge is -2.17. The molecule has 178 valence electrons. The highest BCUT2D eigenvalue weighted by molar-refractivity contribution is 6.24. The zero-order chi connectivity index (χ0) is 24.9. The van der Waals surface area contributed by atoms with Crippen LogP contribution in [-0.2, 0) is 14.3 Å². The largest absolute Gasteiger partial charge is 0.465 e. The molecule has 1 aliphatic heterocycles. The van der Waals surface area contributed by atoms with Crippen LogP contribution < -0.4 is 16.0 Å². The van der Waals surface area contributed by atoms with Crippen LogP contribution in [0, 0.1) is 0 Å². The number of hydrogen-bond donors (Lipinski definition) is 2. The van der Waals surface area contributed by atoms with Gasteiger partial charge in [-0.3, -0.25) is 14.6 Å². The number of nitrogens with zero attached hydrogens (tertiary/aromatic N) is 2. The minimum absolute atomic E-state index is 0.0701. The summed E-state index contributed by atoms with van der Waals surface area (Å²) in [5, 5.41) is 2.87. The van der Waals surface area contributed by atoms with Crippen LogP contribution in [0.15, 0.2) is 77.8 Å². The third-order valence-electron chi connectivity index (χ3n) is 5.87. The number of nitrogens with one attached hydrogen (secondary N) is 1. The minimum Gasteiger partial charge on any atom is -0.465 e. The Labute approximate surface area is 203 Å². The van der Waals surface area contributed by atoms with Crippen molar-refractivity contribution in [1.29, 1.82) is 0 Å². The van der Waals surface area contributed by atoms with Crippen molar-refractivity contribution in [2.45, 2.75) is 12.3 Å². The first-order chi connectivity index (χ1) is 16.9. The summed E-state index contributed by atoms with van der Waals surface area (Å²) in [5.74, 6) is -1.43. The average Bonchev–Trinajstić information content (AvgIpc) is 3.22. The van der Waals surface area contributed by atoms with Gasteiger partial charge >= 0.3 is 5.97 Å². The van der Waals surface area contributed by atoms with E-state index in [1.165, 1.54) is 7.11 Å². The highest BCUT2D eigenvalue weighted by Crippen LogP contribution is 2.37. The maximum absolute atomic E-state index is 13.1. The number of carbonyl (C=O) groups is 3. The van der Waals surface area contributed by atoms with E-state index in [9.17, 15) is 14.4 Å². The lowest BCUT2D eigenvalue weighted by Crippen LogP contribution is -2.27. The molecule has 0 bridgehead atoms. The standard InChI is InChI=1S/C27H26N4O4/c1-31(23(32)14-15-28)20-11-9-19(10-12-20)29-25(17-6-4-3-5-7-17)24-21-13-8-18(27(34)35-2)16-22(21)30-26(24)33/h3-13,16,24H,14-15,28H2,1-2H3,(H,30,33). The van der Waals surface area contributed by atoms with E-state index in [0.717, 1.165) is 16.8 Å². The van der Waals surface area contributed by atoms with Crippen molar-refractivity contribution >= 4 is 40.6 Å². The Balaban J connectivity index is 1.73. The third kappa shape index (κ3) is 4.97. The van der Waals surface area contributed by atoms with Crippen LogP contribution in [0.5, 0.6) is 0 Å². The van der Waals surface area contributed by atoms with Crippen LogP contribution in [0.4, 0.5) is 17.1 Å². The number of hydrogen-bond acceptors (Lipinski definition) is 6. The lowest BCUT2D eigenvalue weighted by atomic mass is 9.90. The molecule has 1 aliphatic rings. The van der Waals surface area contributed by atoms with Gasteiger partial charge in [-0.05, 0) is 47.5 Å². The number of amides is 2. The highest BCUT2D eigenvalue weighted by atomic mass is 16.5. The summed E-state index contributed by atoms with van der Waals surface area (Å²) < 4.78 is 4.79. The van der Waals surface area contributed by atoms with Crippen molar-refractivity contribution in [3.05, 3.63) is 89.5 Å². The molecule has 0 radical (unpaired) electrons. The molecule has 0 aliphatic carbocycles. The van der Waals surface area contributed by atoms with Gasteiger partial charge in [0.15, 0.2) is 0 Å². The van der Waals surface area contributed by atoms with Crippen molar-refractivity contribution in [1.82, 2.24) is 0 Å². The van der Waals surface area contributed by atoms with Crippen LogP contribution in [0.3, 0.4) is 0 Å². The molecule has 0 aromatic heterocycles. The van der Waals surface area contributed by atoms with E-state index in [1.54, 1.807) is 54.4 Å². The predicted molar refractivity (Wildman–Crippen MR) is 135 cm³/mol. The maximum Gasteiger partial charge on any atom is 0.337 e. The summed E-state index contributed by atoms with van der Waals surface area (Å²) in [6, 6.07) is 21.7. The van der Waals surface area contributed by atoms with Crippen molar-refractivity contribution in [3.63, 3.8) is 0 Å². The van der Waals surface area contributed by atoms with Crippen LogP contribution in [0.2, 0.25) is 0 Å². The van der Waals surface area contributed by atoms with E-state index < -0.39 is 11.9 Å². The summed E-state index contributed by atoms with van der Waals surface area (Å²) in [6.07, 6.45) is 0.266. The van der Waals surface area contributed by atoms with Gasteiger partial charge < -0.3 is 20.7 Å². The van der Waals surface area contributed by atoms with Crippen molar-refractivity contribution in [2.24, 2.45) is 10.7 Å². The van der Waals surface area contributed by atoms with Crippen LogP contribution >= 0.6 is 0 Å². The van der Waals surface area contributed by atoms with Crippen molar-refractivity contribution < 1.29 is 19.1 Å². The van der Waals surface area contributed by atoms with Gasteiger partial charge in [0.25, 0.3) is 0 Å². The SMILES string of the molecule is COC(=O)c1ccc2c(c1)NC(=O)C2C(=Nc1ccc(N(C)C(=O)CCN)cc1)c1ccccc1. The summed E-state index contributed by atoms with van der Waals surface area (Å²) in [5.41, 5.74) is 9.88. The number of nitrogens with two attached hydrogens (primary N) is 1. The fourth-order valence-electron chi connectivity index (χ4n) is 4.01. The molecule has 0 spiro atoms. The Morgan fingerprint density at radius 2 is 1.74 bits per heavy atom. The molecule has 1 unspecified atom stereocenters. The van der Waals surface area contributed by atoms with Gasteiger partial charge in [-0.1, -0.05) is 36.4 Å². The van der Waals surface area contributed by atoms with Crippen molar-refractivity contribution in [3.8, 4) is 0 Å². The Morgan fingerprint density at radius 3 is 2.40 bits per heavy atom. The number of esters is 1.